The van der Waals surface area contributed by atoms with Gasteiger partial charge < -0.3 is 23.9 Å². The lowest BCUT2D eigenvalue weighted by atomic mass is 9.87. The van der Waals surface area contributed by atoms with E-state index in [2.05, 4.69) is 4.98 Å². The third-order valence-corrected chi connectivity index (χ3v) is 6.90. The maximum atomic E-state index is 13.1. The van der Waals surface area contributed by atoms with Gasteiger partial charge in [0.15, 0.2) is 0 Å². The number of benzene rings is 2. The van der Waals surface area contributed by atoms with E-state index in [1.807, 2.05) is 32.0 Å². The predicted molar refractivity (Wildman–Crippen MR) is 144 cm³/mol. The Morgan fingerprint density at radius 1 is 1.15 bits per heavy atom. The van der Waals surface area contributed by atoms with E-state index in [1.54, 1.807) is 17.9 Å². The van der Waals surface area contributed by atoms with Crippen molar-refractivity contribution in [3.8, 4) is 17.2 Å². The first kappa shape index (κ1) is 30.0. The number of aromatic nitrogens is 1. The first-order valence-corrected chi connectivity index (χ1v) is 13.4. The van der Waals surface area contributed by atoms with E-state index >= 15 is 0 Å². The lowest BCUT2D eigenvalue weighted by Crippen LogP contribution is -2.30. The Hall–Kier alpha value is -4.02. The Labute approximate surface area is 236 Å². The summed E-state index contributed by atoms with van der Waals surface area (Å²) in [7, 11) is 0. The molecule has 2 heterocycles. The first-order valence-electron chi connectivity index (χ1n) is 13.4. The molecule has 1 fully saturated rings. The molecule has 1 aromatic heterocycles. The number of hydrogen-bond acceptors (Lipinski definition) is 6. The number of halogens is 3. The highest BCUT2D eigenvalue weighted by Crippen LogP contribution is 2.37. The molecule has 2 atom stereocenters. The second kappa shape index (κ2) is 12.7. The van der Waals surface area contributed by atoms with E-state index in [1.165, 1.54) is 12.1 Å². The fourth-order valence-electron chi connectivity index (χ4n) is 4.87. The van der Waals surface area contributed by atoms with Crippen molar-refractivity contribution in [2.45, 2.75) is 45.7 Å². The number of ether oxygens (including phenoxy) is 2. The van der Waals surface area contributed by atoms with Gasteiger partial charge in [-0.3, -0.25) is 4.79 Å². The van der Waals surface area contributed by atoms with Gasteiger partial charge in [0.2, 0.25) is 5.89 Å². The smallest absolute Gasteiger partial charge is 0.416 e. The molecule has 8 nitrogen and oxygen atoms in total. The fourth-order valence-corrected chi connectivity index (χ4v) is 4.87. The third kappa shape index (κ3) is 7.80. The number of carbonyl (C=O) groups excluding carboxylic acids is 1. The molecule has 1 amide bonds. The number of aliphatic carboxylic acids is 1. The SMILES string of the molecule is Cc1oc(-c2cccc(C(F)(F)F)c2)nc1CCOc1cccc([C@@H]2CN(C(=O)OCC(C)C)C[C@@H]2CC(=O)O)c1. The van der Waals surface area contributed by atoms with Crippen molar-refractivity contribution in [2.24, 2.45) is 11.8 Å². The van der Waals surface area contributed by atoms with Gasteiger partial charge in [-0.15, -0.1) is 0 Å². The largest absolute Gasteiger partial charge is 0.493 e. The minimum Gasteiger partial charge on any atom is -0.493 e. The number of carboxylic acid groups (broad SMARTS) is 1. The van der Waals surface area contributed by atoms with Crippen LogP contribution in [0, 0.1) is 18.8 Å². The van der Waals surface area contributed by atoms with Gasteiger partial charge in [0.1, 0.15) is 11.5 Å². The number of likely N-dealkylation sites (tertiary alicyclic amines) is 1. The van der Waals surface area contributed by atoms with Crippen LogP contribution >= 0.6 is 0 Å². The second-order valence-electron chi connectivity index (χ2n) is 10.6. The molecule has 0 bridgehead atoms. The molecule has 220 valence electrons. The van der Waals surface area contributed by atoms with E-state index in [0.717, 1.165) is 17.7 Å². The highest BCUT2D eigenvalue weighted by molar-refractivity contribution is 5.70. The molecule has 3 aromatic rings. The standard InChI is InChI=1S/C30H33F3N2O6/c1-18(2)17-40-29(38)35-15-22(14-27(36)37)25(16-35)20-6-5-9-24(13-20)39-11-10-26-19(3)41-28(34-26)21-7-4-8-23(12-21)30(31,32)33/h4-9,12-13,18,22,25H,10-11,14-17H2,1-3H3,(H,36,37)/t22-,25-/m0/s1. The Morgan fingerprint density at radius 2 is 1.90 bits per heavy atom. The van der Waals surface area contributed by atoms with Crippen molar-refractivity contribution in [1.29, 1.82) is 0 Å². The molecule has 0 unspecified atom stereocenters. The molecule has 0 aliphatic carbocycles. The molecular formula is C30H33F3N2O6. The van der Waals surface area contributed by atoms with Crippen LogP contribution in [-0.2, 0) is 22.1 Å². The van der Waals surface area contributed by atoms with Gasteiger partial charge in [0, 0.05) is 31.0 Å². The van der Waals surface area contributed by atoms with Crippen LogP contribution in [0.5, 0.6) is 5.75 Å². The van der Waals surface area contributed by atoms with E-state index in [0.29, 0.717) is 43.3 Å². The molecule has 4 rings (SSSR count). The van der Waals surface area contributed by atoms with Crippen molar-refractivity contribution in [1.82, 2.24) is 9.88 Å². The van der Waals surface area contributed by atoms with Crippen LogP contribution in [0.25, 0.3) is 11.5 Å². The third-order valence-electron chi connectivity index (χ3n) is 6.90. The van der Waals surface area contributed by atoms with Crippen molar-refractivity contribution in [3.63, 3.8) is 0 Å². The van der Waals surface area contributed by atoms with Crippen molar-refractivity contribution >= 4 is 12.1 Å². The number of amides is 1. The summed E-state index contributed by atoms with van der Waals surface area (Å²) in [4.78, 5) is 30.0. The minimum atomic E-state index is -4.47. The number of nitrogens with zero attached hydrogens (tertiary/aromatic N) is 2. The molecule has 0 spiro atoms. The van der Waals surface area contributed by atoms with E-state index in [4.69, 9.17) is 13.9 Å². The van der Waals surface area contributed by atoms with Crippen LogP contribution in [0.2, 0.25) is 0 Å². The number of rotatable bonds is 10. The first-order chi connectivity index (χ1) is 19.4. The van der Waals surface area contributed by atoms with Gasteiger partial charge in [0.25, 0.3) is 0 Å². The zero-order valence-corrected chi connectivity index (χ0v) is 23.1. The Balaban J connectivity index is 1.41. The zero-order valence-electron chi connectivity index (χ0n) is 23.1. The summed E-state index contributed by atoms with van der Waals surface area (Å²) >= 11 is 0. The molecule has 2 aromatic carbocycles. The lowest BCUT2D eigenvalue weighted by Gasteiger charge is -2.18. The summed E-state index contributed by atoms with van der Waals surface area (Å²) in [5.74, 6) is -0.0620. The summed E-state index contributed by atoms with van der Waals surface area (Å²) in [5.41, 5.74) is 0.884. The highest BCUT2D eigenvalue weighted by atomic mass is 19.4. The molecule has 1 aliphatic heterocycles. The maximum Gasteiger partial charge on any atom is 0.416 e. The van der Waals surface area contributed by atoms with Gasteiger partial charge in [-0.1, -0.05) is 32.0 Å². The maximum absolute atomic E-state index is 13.1. The summed E-state index contributed by atoms with van der Waals surface area (Å²) in [6.45, 7) is 6.74. The highest BCUT2D eigenvalue weighted by Gasteiger charge is 2.38. The zero-order chi connectivity index (χ0) is 29.7. The van der Waals surface area contributed by atoms with Crippen LogP contribution in [0.3, 0.4) is 0 Å². The average Bonchev–Trinajstić information content (AvgIpc) is 3.50. The number of carboxylic acids is 1. The lowest BCUT2D eigenvalue weighted by molar-refractivity contribution is -0.138. The molecule has 1 N–H and O–H groups in total. The van der Waals surface area contributed by atoms with Gasteiger partial charge >= 0.3 is 18.2 Å². The molecule has 1 aliphatic rings. The molecule has 1 saturated heterocycles. The van der Waals surface area contributed by atoms with Crippen molar-refractivity contribution < 1.29 is 41.8 Å². The van der Waals surface area contributed by atoms with E-state index < -0.39 is 23.8 Å². The van der Waals surface area contributed by atoms with Crippen LogP contribution in [-0.4, -0.2) is 53.4 Å². The topological polar surface area (TPSA) is 102 Å². The predicted octanol–water partition coefficient (Wildman–Crippen LogP) is 6.57. The monoisotopic (exact) mass is 574 g/mol. The number of alkyl halides is 3. The Kier molecular flexibility index (Phi) is 9.25. The van der Waals surface area contributed by atoms with Gasteiger partial charge in [-0.05, 0) is 54.7 Å². The Bertz CT molecular complexity index is 1370. The number of hydrogen-bond donors (Lipinski definition) is 1. The summed E-state index contributed by atoms with van der Waals surface area (Å²) < 4.78 is 56.2. The number of carbonyl (C=O) groups is 2. The van der Waals surface area contributed by atoms with Gasteiger partial charge in [0.05, 0.1) is 30.9 Å². The normalized spacial score (nSPS) is 17.2. The summed E-state index contributed by atoms with van der Waals surface area (Å²) in [5, 5.41) is 9.44. The van der Waals surface area contributed by atoms with Crippen molar-refractivity contribution in [3.05, 3.63) is 71.1 Å². The van der Waals surface area contributed by atoms with E-state index in [-0.39, 0.29) is 42.2 Å². The molecular weight excluding hydrogens is 541 g/mol. The molecule has 0 radical (unpaired) electrons. The minimum absolute atomic E-state index is 0.0800. The summed E-state index contributed by atoms with van der Waals surface area (Å²) in [6.07, 6.45) is -4.64. The molecule has 11 heteroatoms. The van der Waals surface area contributed by atoms with Crippen LogP contribution in [0.1, 0.15) is 48.8 Å². The van der Waals surface area contributed by atoms with Crippen molar-refractivity contribution in [2.75, 3.05) is 26.3 Å². The van der Waals surface area contributed by atoms with E-state index in [9.17, 15) is 27.9 Å². The number of aryl methyl sites for hydroxylation is 1. The second-order valence-corrected chi connectivity index (χ2v) is 10.6. The van der Waals surface area contributed by atoms with Crippen LogP contribution in [0.15, 0.2) is 52.9 Å². The fraction of sp³-hybridized carbons (Fsp3) is 0.433. The Morgan fingerprint density at radius 3 is 2.61 bits per heavy atom. The van der Waals surface area contributed by atoms with Gasteiger partial charge in [-0.2, -0.15) is 13.2 Å². The average molecular weight is 575 g/mol. The number of oxazole rings is 1. The molecule has 0 saturated carbocycles. The quantitative estimate of drug-likeness (QED) is 0.292. The molecule has 41 heavy (non-hydrogen) atoms. The van der Waals surface area contributed by atoms with Gasteiger partial charge in [-0.25, -0.2) is 9.78 Å². The summed E-state index contributed by atoms with van der Waals surface area (Å²) in [6, 6.07) is 12.1. The van der Waals surface area contributed by atoms with Crippen LogP contribution in [0.4, 0.5) is 18.0 Å². The van der Waals surface area contributed by atoms with Crippen LogP contribution < -0.4 is 4.74 Å².